The van der Waals surface area contributed by atoms with Crippen LogP contribution in [-0.2, 0) is 0 Å². The van der Waals surface area contributed by atoms with E-state index in [1.165, 1.54) is 173 Å². The van der Waals surface area contributed by atoms with Gasteiger partial charge in [0.1, 0.15) is 0 Å². The summed E-state index contributed by atoms with van der Waals surface area (Å²) in [5, 5.41) is 10.3. The Bertz CT molecular complexity index is 465. The molecule has 0 radical (unpaired) electrons. The molecule has 0 aromatic heterocycles. The number of allylic oxidation sites excluding steroid dienone is 4. The third-order valence-corrected chi connectivity index (χ3v) is 8.13. The number of rotatable bonds is 32. The molecule has 0 amide bonds. The van der Waals surface area contributed by atoms with E-state index in [-0.39, 0.29) is 6.10 Å². The fourth-order valence-corrected chi connectivity index (χ4v) is 5.44. The van der Waals surface area contributed by atoms with Gasteiger partial charge in [-0.2, -0.15) is 0 Å². The zero-order chi connectivity index (χ0) is 27.6. The third kappa shape index (κ3) is 33.5. The molecule has 0 saturated carbocycles. The van der Waals surface area contributed by atoms with Crippen molar-refractivity contribution in [1.29, 1.82) is 0 Å². The molecule has 0 aliphatic heterocycles. The van der Waals surface area contributed by atoms with Gasteiger partial charge in [-0.1, -0.05) is 186 Å². The standard InChI is InChI=1S/C37H72O/c1-3-5-7-9-11-13-15-17-19-21-23-25-27-29-31-33-35-37(38)36-34-32-30-28-26-24-22-20-18-16-14-12-10-8-6-4-2/h11,13,17,19,37-38H,3-10,12,14-16,18,20-36H2,1-2H3/b13-11-,19-17-. The van der Waals surface area contributed by atoms with Crippen molar-refractivity contribution in [2.75, 3.05) is 0 Å². The Morgan fingerprint density at radius 3 is 1.05 bits per heavy atom. The Hall–Kier alpha value is -0.560. The van der Waals surface area contributed by atoms with Crippen molar-refractivity contribution in [2.24, 2.45) is 0 Å². The summed E-state index contributed by atoms with van der Waals surface area (Å²) in [5.41, 5.74) is 0. The molecule has 0 aromatic rings. The molecule has 0 aromatic carbocycles. The summed E-state index contributed by atoms with van der Waals surface area (Å²) >= 11 is 0. The maximum absolute atomic E-state index is 10.3. The average Bonchev–Trinajstić information content (AvgIpc) is 2.92. The molecule has 1 heteroatoms. The van der Waals surface area contributed by atoms with Crippen LogP contribution in [-0.4, -0.2) is 11.2 Å². The highest BCUT2D eigenvalue weighted by molar-refractivity contribution is 4.92. The van der Waals surface area contributed by atoms with Crippen LogP contribution in [0, 0.1) is 0 Å². The summed E-state index contributed by atoms with van der Waals surface area (Å²) in [7, 11) is 0. The van der Waals surface area contributed by atoms with Gasteiger partial charge in [-0.15, -0.1) is 0 Å². The molecule has 0 aliphatic carbocycles. The van der Waals surface area contributed by atoms with Gasteiger partial charge in [0.05, 0.1) is 6.10 Å². The fraction of sp³-hybridized carbons (Fsp3) is 0.892. The maximum Gasteiger partial charge on any atom is 0.0540 e. The lowest BCUT2D eigenvalue weighted by atomic mass is 10.0. The molecule has 1 atom stereocenters. The van der Waals surface area contributed by atoms with E-state index in [4.69, 9.17) is 0 Å². The van der Waals surface area contributed by atoms with Crippen molar-refractivity contribution < 1.29 is 5.11 Å². The van der Waals surface area contributed by atoms with E-state index in [0.29, 0.717) is 0 Å². The predicted molar refractivity (Wildman–Crippen MR) is 174 cm³/mol. The first-order valence-corrected chi connectivity index (χ1v) is 17.8. The van der Waals surface area contributed by atoms with Gasteiger partial charge in [0.15, 0.2) is 0 Å². The first-order valence-electron chi connectivity index (χ1n) is 17.8. The van der Waals surface area contributed by atoms with Crippen LogP contribution in [0.25, 0.3) is 0 Å². The molecule has 0 heterocycles. The molecule has 0 bridgehead atoms. The number of unbranched alkanes of at least 4 members (excludes halogenated alkanes) is 24. The van der Waals surface area contributed by atoms with Gasteiger partial charge in [-0.25, -0.2) is 0 Å². The Morgan fingerprint density at radius 1 is 0.368 bits per heavy atom. The molecular weight excluding hydrogens is 460 g/mol. The first kappa shape index (κ1) is 37.4. The molecule has 0 saturated heterocycles. The van der Waals surface area contributed by atoms with E-state index in [2.05, 4.69) is 38.2 Å². The summed E-state index contributed by atoms with van der Waals surface area (Å²) < 4.78 is 0. The molecule has 226 valence electrons. The van der Waals surface area contributed by atoms with E-state index in [1.54, 1.807) is 0 Å². The van der Waals surface area contributed by atoms with Gasteiger partial charge in [0.2, 0.25) is 0 Å². The van der Waals surface area contributed by atoms with E-state index < -0.39 is 0 Å². The number of hydrogen-bond acceptors (Lipinski definition) is 1. The molecule has 0 spiro atoms. The number of aliphatic hydroxyl groups excluding tert-OH is 1. The molecule has 0 fully saturated rings. The number of aliphatic hydroxyl groups is 1. The SMILES string of the molecule is CCCCC/C=C\C/C=C\CCCCCCCCC(O)CCCCCCCCCCCCCCCCCC. The van der Waals surface area contributed by atoms with Gasteiger partial charge >= 0.3 is 0 Å². The lowest BCUT2D eigenvalue weighted by molar-refractivity contribution is 0.147. The quantitative estimate of drug-likeness (QED) is 0.0674. The highest BCUT2D eigenvalue weighted by Crippen LogP contribution is 2.16. The van der Waals surface area contributed by atoms with E-state index in [1.807, 2.05) is 0 Å². The molecule has 38 heavy (non-hydrogen) atoms. The summed E-state index contributed by atoms with van der Waals surface area (Å²) in [4.78, 5) is 0. The van der Waals surface area contributed by atoms with Crippen molar-refractivity contribution in [3.05, 3.63) is 24.3 Å². The van der Waals surface area contributed by atoms with Crippen LogP contribution in [0.5, 0.6) is 0 Å². The average molecular weight is 533 g/mol. The minimum Gasteiger partial charge on any atom is -0.393 e. The second-order valence-electron chi connectivity index (χ2n) is 12.1. The van der Waals surface area contributed by atoms with Crippen molar-refractivity contribution >= 4 is 0 Å². The van der Waals surface area contributed by atoms with Crippen molar-refractivity contribution in [2.45, 2.75) is 213 Å². The second kappa shape index (κ2) is 34.5. The molecular formula is C37H72O. The van der Waals surface area contributed by atoms with Gasteiger partial charge in [0.25, 0.3) is 0 Å². The largest absolute Gasteiger partial charge is 0.393 e. The minimum atomic E-state index is -0.0486. The molecule has 0 rings (SSSR count). The maximum atomic E-state index is 10.3. The highest BCUT2D eigenvalue weighted by atomic mass is 16.3. The topological polar surface area (TPSA) is 20.2 Å². The Morgan fingerprint density at radius 2 is 0.658 bits per heavy atom. The monoisotopic (exact) mass is 533 g/mol. The summed E-state index contributed by atoms with van der Waals surface area (Å²) in [6.45, 7) is 4.56. The van der Waals surface area contributed by atoms with Crippen LogP contribution in [0.2, 0.25) is 0 Å². The number of hydrogen-bond donors (Lipinski definition) is 1. The van der Waals surface area contributed by atoms with Gasteiger partial charge in [0, 0.05) is 0 Å². The van der Waals surface area contributed by atoms with Crippen LogP contribution >= 0.6 is 0 Å². The van der Waals surface area contributed by atoms with Gasteiger partial charge < -0.3 is 5.11 Å². The molecule has 1 N–H and O–H groups in total. The van der Waals surface area contributed by atoms with Gasteiger partial charge in [-0.05, 0) is 44.9 Å². The third-order valence-electron chi connectivity index (χ3n) is 8.13. The predicted octanol–water partition coefficient (Wildman–Crippen LogP) is 13.2. The van der Waals surface area contributed by atoms with E-state index in [9.17, 15) is 5.11 Å². The zero-order valence-corrected chi connectivity index (χ0v) is 26.5. The first-order chi connectivity index (χ1) is 18.8. The Kier molecular flexibility index (Phi) is 34.0. The van der Waals surface area contributed by atoms with Crippen LogP contribution in [0.15, 0.2) is 24.3 Å². The van der Waals surface area contributed by atoms with Crippen molar-refractivity contribution in [3.8, 4) is 0 Å². The second-order valence-corrected chi connectivity index (χ2v) is 12.1. The van der Waals surface area contributed by atoms with Crippen LogP contribution in [0.4, 0.5) is 0 Å². The normalized spacial score (nSPS) is 12.8. The van der Waals surface area contributed by atoms with Crippen molar-refractivity contribution in [3.63, 3.8) is 0 Å². The minimum absolute atomic E-state index is 0.0486. The summed E-state index contributed by atoms with van der Waals surface area (Å²) in [6.07, 6.45) is 49.5. The smallest absolute Gasteiger partial charge is 0.0540 e. The van der Waals surface area contributed by atoms with Gasteiger partial charge in [-0.3, -0.25) is 0 Å². The highest BCUT2D eigenvalue weighted by Gasteiger charge is 2.03. The van der Waals surface area contributed by atoms with Crippen molar-refractivity contribution in [1.82, 2.24) is 0 Å². The van der Waals surface area contributed by atoms with Crippen LogP contribution < -0.4 is 0 Å². The van der Waals surface area contributed by atoms with E-state index in [0.717, 1.165) is 19.3 Å². The fourth-order valence-electron chi connectivity index (χ4n) is 5.44. The molecule has 1 unspecified atom stereocenters. The van der Waals surface area contributed by atoms with E-state index >= 15 is 0 Å². The Labute approximate surface area is 241 Å². The summed E-state index contributed by atoms with van der Waals surface area (Å²) in [6, 6.07) is 0. The summed E-state index contributed by atoms with van der Waals surface area (Å²) in [5.74, 6) is 0. The molecule has 1 nitrogen and oxygen atoms in total. The molecule has 0 aliphatic rings. The lowest BCUT2D eigenvalue weighted by Crippen LogP contribution is -2.05. The zero-order valence-electron chi connectivity index (χ0n) is 26.5. The van der Waals surface area contributed by atoms with Crippen LogP contribution in [0.1, 0.15) is 206 Å². The van der Waals surface area contributed by atoms with Crippen LogP contribution in [0.3, 0.4) is 0 Å². The Balaban J connectivity index is 3.21. The lowest BCUT2D eigenvalue weighted by Gasteiger charge is -2.10.